The summed E-state index contributed by atoms with van der Waals surface area (Å²) in [6.45, 7) is 5.37. The molecule has 0 aliphatic rings. The van der Waals surface area contributed by atoms with Gasteiger partial charge in [-0.25, -0.2) is 9.97 Å². The van der Waals surface area contributed by atoms with E-state index in [0.717, 1.165) is 30.4 Å². The van der Waals surface area contributed by atoms with Crippen molar-refractivity contribution in [2.45, 2.75) is 20.4 Å². The summed E-state index contributed by atoms with van der Waals surface area (Å²) < 4.78 is 1.77. The molecule has 0 saturated carbocycles. The fourth-order valence-corrected chi connectivity index (χ4v) is 1.46. The summed E-state index contributed by atoms with van der Waals surface area (Å²) in [7, 11) is 0. The molecule has 0 aliphatic carbocycles. The Hall–Kier alpha value is -1.98. The van der Waals surface area contributed by atoms with Crippen molar-refractivity contribution in [2.24, 2.45) is 0 Å². The van der Waals surface area contributed by atoms with E-state index in [0.29, 0.717) is 0 Å². The van der Waals surface area contributed by atoms with Crippen molar-refractivity contribution in [1.82, 2.24) is 25.0 Å². The number of nitrogens with one attached hydrogen (secondary N) is 1. The lowest BCUT2D eigenvalue weighted by Crippen LogP contribution is -2.12. The lowest BCUT2D eigenvalue weighted by Gasteiger charge is -2.06. The largest absolute Gasteiger partial charge is 0.368 e. The van der Waals surface area contributed by atoms with Gasteiger partial charge < -0.3 is 5.32 Å². The van der Waals surface area contributed by atoms with Gasteiger partial charge in [-0.1, -0.05) is 5.21 Å². The van der Waals surface area contributed by atoms with Crippen molar-refractivity contribution in [3.63, 3.8) is 0 Å². The van der Waals surface area contributed by atoms with Gasteiger partial charge in [-0.2, -0.15) is 0 Å². The van der Waals surface area contributed by atoms with E-state index in [-0.39, 0.29) is 0 Å². The molecule has 6 heteroatoms. The molecule has 16 heavy (non-hydrogen) atoms. The Bertz CT molecular complexity index is 430. The average Bonchev–Trinajstić information content (AvgIpc) is 2.69. The molecule has 1 N–H and O–H groups in total. The highest BCUT2D eigenvalue weighted by Gasteiger charge is 1.98. The maximum atomic E-state index is 4.29. The van der Waals surface area contributed by atoms with Crippen LogP contribution in [0.1, 0.15) is 11.5 Å². The molecule has 0 aromatic carbocycles. The van der Waals surface area contributed by atoms with Crippen LogP contribution in [0.5, 0.6) is 0 Å². The molecule has 2 aromatic rings. The molecule has 0 fully saturated rings. The highest BCUT2D eigenvalue weighted by atomic mass is 15.4. The molecule has 0 radical (unpaired) electrons. The summed E-state index contributed by atoms with van der Waals surface area (Å²) >= 11 is 0. The maximum Gasteiger partial charge on any atom is 0.129 e. The van der Waals surface area contributed by atoms with Crippen LogP contribution in [0, 0.1) is 13.8 Å². The first-order valence-corrected chi connectivity index (χ1v) is 5.14. The van der Waals surface area contributed by atoms with Crippen molar-refractivity contribution in [3.8, 4) is 0 Å². The van der Waals surface area contributed by atoms with E-state index in [1.54, 1.807) is 10.9 Å². The van der Waals surface area contributed by atoms with Gasteiger partial charge in [0.2, 0.25) is 0 Å². The molecule has 6 nitrogen and oxygen atoms in total. The maximum absolute atomic E-state index is 4.29. The van der Waals surface area contributed by atoms with Crippen molar-refractivity contribution >= 4 is 5.82 Å². The Morgan fingerprint density at radius 2 is 2.19 bits per heavy atom. The van der Waals surface area contributed by atoms with Crippen LogP contribution in [0.3, 0.4) is 0 Å². The normalized spacial score (nSPS) is 10.4. The number of aromatic nitrogens is 5. The minimum atomic E-state index is 0.763. The second-order valence-electron chi connectivity index (χ2n) is 3.53. The van der Waals surface area contributed by atoms with Gasteiger partial charge in [-0.05, 0) is 13.8 Å². The Labute approximate surface area is 93.7 Å². The first-order valence-electron chi connectivity index (χ1n) is 5.14. The van der Waals surface area contributed by atoms with Crippen LogP contribution >= 0.6 is 0 Å². The summed E-state index contributed by atoms with van der Waals surface area (Å²) in [6, 6.07) is 1.92. The van der Waals surface area contributed by atoms with Crippen LogP contribution in [-0.4, -0.2) is 31.5 Å². The molecular weight excluding hydrogens is 204 g/mol. The minimum absolute atomic E-state index is 0.763. The van der Waals surface area contributed by atoms with E-state index in [2.05, 4.69) is 25.6 Å². The van der Waals surface area contributed by atoms with Crippen LogP contribution in [0.4, 0.5) is 5.82 Å². The van der Waals surface area contributed by atoms with Gasteiger partial charge in [-0.3, -0.25) is 4.68 Å². The van der Waals surface area contributed by atoms with Crippen molar-refractivity contribution in [2.75, 3.05) is 11.9 Å². The summed E-state index contributed by atoms with van der Waals surface area (Å²) in [5.74, 6) is 1.63. The smallest absolute Gasteiger partial charge is 0.129 e. The van der Waals surface area contributed by atoms with Crippen molar-refractivity contribution in [1.29, 1.82) is 0 Å². The van der Waals surface area contributed by atoms with Crippen LogP contribution in [0.25, 0.3) is 0 Å². The first-order chi connectivity index (χ1) is 7.74. The number of hydrogen-bond donors (Lipinski definition) is 1. The lowest BCUT2D eigenvalue weighted by molar-refractivity contribution is 0.608. The van der Waals surface area contributed by atoms with E-state index in [4.69, 9.17) is 0 Å². The second kappa shape index (κ2) is 4.69. The predicted molar refractivity (Wildman–Crippen MR) is 60.0 cm³/mol. The van der Waals surface area contributed by atoms with Gasteiger partial charge in [0.1, 0.15) is 11.6 Å². The number of aryl methyl sites for hydroxylation is 2. The fourth-order valence-electron chi connectivity index (χ4n) is 1.46. The van der Waals surface area contributed by atoms with Gasteiger partial charge in [-0.15, -0.1) is 5.10 Å². The number of anilines is 1. The first kappa shape index (κ1) is 10.5. The predicted octanol–water partition coefficient (Wildman–Crippen LogP) is 0.797. The third-order valence-corrected chi connectivity index (χ3v) is 2.08. The van der Waals surface area contributed by atoms with E-state index in [9.17, 15) is 0 Å². The number of rotatable bonds is 4. The molecule has 0 spiro atoms. The van der Waals surface area contributed by atoms with Crippen LogP contribution in [0.2, 0.25) is 0 Å². The number of nitrogens with zero attached hydrogens (tertiary/aromatic N) is 5. The Morgan fingerprint density at radius 3 is 2.88 bits per heavy atom. The Kier molecular flexibility index (Phi) is 3.09. The summed E-state index contributed by atoms with van der Waals surface area (Å²) in [4.78, 5) is 8.50. The molecule has 0 bridgehead atoms. The molecule has 2 rings (SSSR count). The average molecular weight is 218 g/mol. The molecule has 0 amide bonds. The zero-order valence-electron chi connectivity index (χ0n) is 9.38. The van der Waals surface area contributed by atoms with Gasteiger partial charge in [0, 0.05) is 24.5 Å². The van der Waals surface area contributed by atoms with Gasteiger partial charge in [0.05, 0.1) is 12.7 Å². The summed E-state index contributed by atoms with van der Waals surface area (Å²) in [6.07, 6.45) is 3.50. The highest BCUT2D eigenvalue weighted by Crippen LogP contribution is 2.04. The topological polar surface area (TPSA) is 68.5 Å². The Morgan fingerprint density at radius 1 is 1.31 bits per heavy atom. The molecule has 0 unspecified atom stereocenters. The van der Waals surface area contributed by atoms with E-state index < -0.39 is 0 Å². The van der Waals surface area contributed by atoms with Crippen LogP contribution < -0.4 is 5.32 Å². The van der Waals surface area contributed by atoms with Gasteiger partial charge >= 0.3 is 0 Å². The highest BCUT2D eigenvalue weighted by molar-refractivity contribution is 5.35. The standard InChI is InChI=1S/C10H14N6/c1-8-7-10(14-9(2)13-8)11-3-5-16-6-4-12-15-16/h4,6-7H,3,5H2,1-2H3,(H,11,13,14). The lowest BCUT2D eigenvalue weighted by atomic mass is 10.4. The van der Waals surface area contributed by atoms with Crippen molar-refractivity contribution < 1.29 is 0 Å². The SMILES string of the molecule is Cc1cc(NCCn2ccnn2)nc(C)n1. The van der Waals surface area contributed by atoms with Crippen molar-refractivity contribution in [3.05, 3.63) is 30.0 Å². The molecule has 2 aromatic heterocycles. The molecule has 84 valence electrons. The third kappa shape index (κ3) is 2.75. The molecule has 0 aliphatic heterocycles. The number of hydrogen-bond acceptors (Lipinski definition) is 5. The quantitative estimate of drug-likeness (QED) is 0.822. The van der Waals surface area contributed by atoms with Gasteiger partial charge in [0.25, 0.3) is 0 Å². The zero-order chi connectivity index (χ0) is 11.4. The zero-order valence-corrected chi connectivity index (χ0v) is 9.38. The Balaban J connectivity index is 1.89. The minimum Gasteiger partial charge on any atom is -0.368 e. The monoisotopic (exact) mass is 218 g/mol. The molecule has 0 saturated heterocycles. The summed E-state index contributed by atoms with van der Waals surface area (Å²) in [5, 5.41) is 10.8. The fraction of sp³-hybridized carbons (Fsp3) is 0.400. The van der Waals surface area contributed by atoms with Crippen LogP contribution in [-0.2, 0) is 6.54 Å². The van der Waals surface area contributed by atoms with Crippen LogP contribution in [0.15, 0.2) is 18.5 Å². The third-order valence-electron chi connectivity index (χ3n) is 2.08. The molecule has 2 heterocycles. The van der Waals surface area contributed by atoms with E-state index in [1.807, 2.05) is 26.1 Å². The molecular formula is C10H14N6. The second-order valence-corrected chi connectivity index (χ2v) is 3.53. The summed E-state index contributed by atoms with van der Waals surface area (Å²) in [5.41, 5.74) is 0.968. The molecule has 0 atom stereocenters. The van der Waals surface area contributed by atoms with E-state index in [1.165, 1.54) is 0 Å². The van der Waals surface area contributed by atoms with Gasteiger partial charge in [0.15, 0.2) is 0 Å². The van der Waals surface area contributed by atoms with E-state index >= 15 is 0 Å².